The van der Waals surface area contributed by atoms with E-state index in [1.165, 1.54) is 64.2 Å². The number of hydrogen-bond donors (Lipinski definition) is 3. The SMILES string of the molecule is CCCCCC(=O)N[C@@H](CO)[C@H](O)/C=C/CCCCCCCCCCCCC[n+]1ccccc1. The van der Waals surface area contributed by atoms with Gasteiger partial charge in [-0.3, -0.25) is 4.79 Å². The predicted octanol–water partition coefficient (Wildman–Crippen LogP) is 5.63. The number of pyridine rings is 1. The molecule has 3 N–H and O–H groups in total. The molecule has 2 atom stereocenters. The fourth-order valence-electron chi connectivity index (χ4n) is 4.15. The van der Waals surface area contributed by atoms with Crippen LogP contribution in [0.2, 0.25) is 0 Å². The summed E-state index contributed by atoms with van der Waals surface area (Å²) in [6.45, 7) is 2.98. The van der Waals surface area contributed by atoms with Crippen molar-refractivity contribution in [1.82, 2.24) is 5.32 Å². The summed E-state index contributed by atoms with van der Waals surface area (Å²) < 4.78 is 2.26. The number of allylic oxidation sites excluding steroid dienone is 1. The van der Waals surface area contributed by atoms with Gasteiger partial charge in [0.1, 0.15) is 6.54 Å². The molecule has 194 valence electrons. The minimum atomic E-state index is -0.836. The Morgan fingerprint density at radius 2 is 1.44 bits per heavy atom. The standard InChI is InChI=1S/C29H50N2O3/c1-2-3-16-22-29(34)30-27(26-32)28(33)21-17-13-11-9-7-5-4-6-8-10-12-14-18-23-31-24-19-15-20-25-31/h15,17,19-21,24-25,27-28,32-33H,2-14,16,18,22-23,26H2,1H3/p+1/b21-17+/t27-,28+/m0/s1. The van der Waals surface area contributed by atoms with E-state index in [2.05, 4.69) is 47.4 Å². The summed E-state index contributed by atoms with van der Waals surface area (Å²) in [6, 6.07) is 5.63. The van der Waals surface area contributed by atoms with Crippen molar-refractivity contribution in [3.63, 3.8) is 0 Å². The lowest BCUT2D eigenvalue weighted by molar-refractivity contribution is -0.697. The Bertz CT molecular complexity index is 621. The van der Waals surface area contributed by atoms with Crippen LogP contribution in [0, 0.1) is 0 Å². The highest BCUT2D eigenvalue weighted by molar-refractivity contribution is 5.76. The van der Waals surface area contributed by atoms with Crippen LogP contribution in [0.15, 0.2) is 42.7 Å². The second kappa shape index (κ2) is 21.8. The van der Waals surface area contributed by atoms with Crippen molar-refractivity contribution in [2.75, 3.05) is 6.61 Å². The first-order chi connectivity index (χ1) is 16.7. The fourth-order valence-corrected chi connectivity index (χ4v) is 4.15. The highest BCUT2D eigenvalue weighted by Crippen LogP contribution is 2.12. The number of hydrogen-bond acceptors (Lipinski definition) is 3. The summed E-state index contributed by atoms with van der Waals surface area (Å²) in [6.07, 6.45) is 25.8. The molecule has 1 aromatic heterocycles. The average Bonchev–Trinajstić information content (AvgIpc) is 2.85. The number of unbranched alkanes of at least 4 members (excludes halogenated alkanes) is 13. The molecule has 0 aromatic carbocycles. The summed E-state index contributed by atoms with van der Waals surface area (Å²) in [7, 11) is 0. The number of rotatable bonds is 22. The minimum absolute atomic E-state index is 0.0953. The number of nitrogens with one attached hydrogen (secondary N) is 1. The molecule has 5 nitrogen and oxygen atoms in total. The first-order valence-electron chi connectivity index (χ1n) is 13.9. The normalized spacial score (nSPS) is 13.3. The van der Waals surface area contributed by atoms with Crippen molar-refractivity contribution in [2.24, 2.45) is 0 Å². The molecule has 0 fully saturated rings. The zero-order valence-electron chi connectivity index (χ0n) is 21.7. The van der Waals surface area contributed by atoms with Gasteiger partial charge in [-0.05, 0) is 25.7 Å². The Morgan fingerprint density at radius 1 is 0.853 bits per heavy atom. The van der Waals surface area contributed by atoms with Crippen molar-refractivity contribution in [1.29, 1.82) is 0 Å². The highest BCUT2D eigenvalue weighted by atomic mass is 16.3. The van der Waals surface area contributed by atoms with Crippen LogP contribution in [0.25, 0.3) is 0 Å². The van der Waals surface area contributed by atoms with Crippen LogP contribution in [0.1, 0.15) is 110 Å². The maximum atomic E-state index is 11.9. The van der Waals surface area contributed by atoms with Crippen molar-refractivity contribution in [3.05, 3.63) is 42.7 Å². The molecule has 0 bridgehead atoms. The number of nitrogens with zero attached hydrogens (tertiary/aromatic N) is 1. The van der Waals surface area contributed by atoms with Gasteiger partial charge in [0.15, 0.2) is 12.4 Å². The van der Waals surface area contributed by atoms with E-state index >= 15 is 0 Å². The number of amides is 1. The molecule has 0 aliphatic heterocycles. The fraction of sp³-hybridized carbons (Fsp3) is 0.724. The summed E-state index contributed by atoms with van der Waals surface area (Å²) >= 11 is 0. The van der Waals surface area contributed by atoms with Gasteiger partial charge in [-0.25, -0.2) is 4.57 Å². The lowest BCUT2D eigenvalue weighted by Gasteiger charge is -2.19. The number of aryl methyl sites for hydroxylation is 1. The van der Waals surface area contributed by atoms with E-state index in [4.69, 9.17) is 0 Å². The first-order valence-corrected chi connectivity index (χ1v) is 13.9. The number of aromatic nitrogens is 1. The second-order valence-electron chi connectivity index (χ2n) is 9.52. The van der Waals surface area contributed by atoms with Crippen molar-refractivity contribution in [2.45, 2.75) is 128 Å². The van der Waals surface area contributed by atoms with Gasteiger partial charge in [0.05, 0.1) is 18.8 Å². The molecule has 34 heavy (non-hydrogen) atoms. The maximum Gasteiger partial charge on any atom is 0.220 e. The van der Waals surface area contributed by atoms with Crippen molar-refractivity contribution < 1.29 is 19.6 Å². The molecule has 1 rings (SSSR count). The Hall–Kier alpha value is -1.72. The highest BCUT2D eigenvalue weighted by Gasteiger charge is 2.17. The lowest BCUT2D eigenvalue weighted by atomic mass is 10.0. The monoisotopic (exact) mass is 475 g/mol. The van der Waals surface area contributed by atoms with E-state index in [1.807, 2.05) is 6.08 Å². The second-order valence-corrected chi connectivity index (χ2v) is 9.52. The van der Waals surface area contributed by atoms with Crippen LogP contribution in [-0.2, 0) is 11.3 Å². The molecule has 1 aromatic rings. The minimum Gasteiger partial charge on any atom is -0.394 e. The number of carbonyl (C=O) groups excluding carboxylic acids is 1. The quantitative estimate of drug-likeness (QED) is 0.116. The van der Waals surface area contributed by atoms with Crippen molar-refractivity contribution in [3.8, 4) is 0 Å². The van der Waals surface area contributed by atoms with Gasteiger partial charge in [0.2, 0.25) is 5.91 Å². The van der Waals surface area contributed by atoms with Crippen LogP contribution in [0.5, 0.6) is 0 Å². The lowest BCUT2D eigenvalue weighted by Crippen LogP contribution is -2.45. The van der Waals surface area contributed by atoms with Crippen LogP contribution >= 0.6 is 0 Å². The van der Waals surface area contributed by atoms with Crippen LogP contribution in [0.4, 0.5) is 0 Å². The van der Waals surface area contributed by atoms with E-state index in [0.29, 0.717) is 6.42 Å². The van der Waals surface area contributed by atoms with E-state index in [1.54, 1.807) is 6.08 Å². The molecule has 1 amide bonds. The van der Waals surface area contributed by atoms with Gasteiger partial charge in [-0.2, -0.15) is 0 Å². The molecule has 0 saturated carbocycles. The van der Waals surface area contributed by atoms with E-state index < -0.39 is 12.1 Å². The third-order valence-electron chi connectivity index (χ3n) is 6.36. The molecule has 5 heteroatoms. The third-order valence-corrected chi connectivity index (χ3v) is 6.36. The Kier molecular flexibility index (Phi) is 19.4. The number of aliphatic hydroxyl groups is 2. The van der Waals surface area contributed by atoms with Gasteiger partial charge < -0.3 is 15.5 Å². The van der Waals surface area contributed by atoms with E-state index in [-0.39, 0.29) is 12.5 Å². The summed E-state index contributed by atoms with van der Waals surface area (Å²) in [5.41, 5.74) is 0. The van der Waals surface area contributed by atoms with Gasteiger partial charge in [-0.1, -0.05) is 89.4 Å². The van der Waals surface area contributed by atoms with Gasteiger partial charge in [0.25, 0.3) is 0 Å². The molecule has 0 aliphatic rings. The molecule has 0 aliphatic carbocycles. The van der Waals surface area contributed by atoms with Crippen molar-refractivity contribution >= 4 is 5.91 Å². The van der Waals surface area contributed by atoms with Gasteiger partial charge in [-0.15, -0.1) is 0 Å². The molecule has 0 saturated heterocycles. The molecule has 0 unspecified atom stereocenters. The van der Waals surface area contributed by atoms with E-state index in [0.717, 1.165) is 38.6 Å². The third kappa shape index (κ3) is 16.8. The summed E-state index contributed by atoms with van der Waals surface area (Å²) in [5.74, 6) is -0.0953. The largest absolute Gasteiger partial charge is 0.394 e. The smallest absolute Gasteiger partial charge is 0.220 e. The zero-order chi connectivity index (χ0) is 24.7. The van der Waals surface area contributed by atoms with Crippen LogP contribution in [0.3, 0.4) is 0 Å². The average molecular weight is 476 g/mol. The number of aliphatic hydroxyl groups excluding tert-OH is 2. The number of carbonyl (C=O) groups is 1. The zero-order valence-corrected chi connectivity index (χ0v) is 21.7. The van der Waals surface area contributed by atoms with Gasteiger partial charge >= 0.3 is 0 Å². The Balaban J connectivity index is 1.91. The van der Waals surface area contributed by atoms with Gasteiger partial charge in [0, 0.05) is 25.0 Å². The maximum absolute atomic E-state index is 11.9. The first kappa shape index (κ1) is 30.3. The topological polar surface area (TPSA) is 73.4 Å². The Labute approximate surface area is 208 Å². The predicted molar refractivity (Wildman–Crippen MR) is 140 cm³/mol. The molecular formula is C29H51N2O3+. The molecule has 1 heterocycles. The molecule has 0 spiro atoms. The molecule has 0 radical (unpaired) electrons. The van der Waals surface area contributed by atoms with Crippen LogP contribution in [-0.4, -0.2) is 34.9 Å². The molecular weight excluding hydrogens is 424 g/mol. The summed E-state index contributed by atoms with van der Waals surface area (Å²) in [5, 5.41) is 22.4. The Morgan fingerprint density at radius 3 is 2.03 bits per heavy atom. The van der Waals surface area contributed by atoms with E-state index in [9.17, 15) is 15.0 Å². The van der Waals surface area contributed by atoms with Crippen LogP contribution < -0.4 is 9.88 Å². The summed E-state index contributed by atoms with van der Waals surface area (Å²) in [4.78, 5) is 11.9.